The van der Waals surface area contributed by atoms with E-state index in [1.54, 1.807) is 14.2 Å². The van der Waals surface area contributed by atoms with Gasteiger partial charge in [0.1, 0.15) is 11.9 Å². The SMILES string of the molecule is CCCCS(=O)(=O)N1C2CCC1CN(CCCC(Oc1ccc(OC)c(OC)c1)c1ccc(C#N)cc1)C2. The van der Waals surface area contributed by atoms with Gasteiger partial charge in [-0.1, -0.05) is 25.5 Å². The van der Waals surface area contributed by atoms with E-state index >= 15 is 0 Å². The van der Waals surface area contributed by atoms with E-state index in [1.807, 2.05) is 53.7 Å². The predicted octanol–water partition coefficient (Wildman–Crippen LogP) is 4.75. The van der Waals surface area contributed by atoms with E-state index in [-0.39, 0.29) is 23.9 Å². The van der Waals surface area contributed by atoms with Gasteiger partial charge in [-0.05, 0) is 68.5 Å². The number of piperazine rings is 1. The van der Waals surface area contributed by atoms with Gasteiger partial charge in [0.15, 0.2) is 11.5 Å². The Morgan fingerprint density at radius 3 is 2.29 bits per heavy atom. The average molecular weight is 542 g/mol. The summed E-state index contributed by atoms with van der Waals surface area (Å²) in [6.45, 7) is 4.50. The summed E-state index contributed by atoms with van der Waals surface area (Å²) in [5.74, 6) is 2.18. The van der Waals surface area contributed by atoms with Crippen LogP contribution in [0.4, 0.5) is 0 Å². The zero-order valence-corrected chi connectivity index (χ0v) is 23.5. The Bertz CT molecular complexity index is 1200. The number of rotatable bonds is 13. The van der Waals surface area contributed by atoms with Crippen molar-refractivity contribution in [2.45, 2.75) is 63.6 Å². The third-order valence-corrected chi connectivity index (χ3v) is 9.60. The number of ether oxygens (including phenoxy) is 3. The molecule has 3 atom stereocenters. The molecular weight excluding hydrogens is 502 g/mol. The Morgan fingerprint density at radius 1 is 1.00 bits per heavy atom. The normalized spacial score (nSPS) is 20.6. The minimum atomic E-state index is -3.18. The van der Waals surface area contributed by atoms with Gasteiger partial charge in [-0.2, -0.15) is 9.57 Å². The molecule has 2 heterocycles. The first-order valence-corrected chi connectivity index (χ1v) is 15.1. The fourth-order valence-corrected chi connectivity index (χ4v) is 7.76. The van der Waals surface area contributed by atoms with Crippen LogP contribution in [0.25, 0.3) is 0 Å². The zero-order chi connectivity index (χ0) is 27.1. The number of likely N-dealkylation sites (tertiary alicyclic amines) is 1. The third kappa shape index (κ3) is 6.60. The Kier molecular flexibility index (Phi) is 9.53. The zero-order valence-electron chi connectivity index (χ0n) is 22.6. The standard InChI is InChI=1S/C29H39N3O5S/c1-4-5-17-38(33,34)32-24-12-13-25(32)21-31(20-24)16-6-7-27(23-10-8-22(19-30)9-11-23)37-26-14-15-28(35-2)29(18-26)36-3/h8-11,14-15,18,24-25,27H,4-7,12-13,16-17,20-21H2,1-3H3. The monoisotopic (exact) mass is 541 g/mol. The molecule has 2 aliphatic heterocycles. The van der Waals surface area contributed by atoms with Gasteiger partial charge in [0.25, 0.3) is 0 Å². The minimum absolute atomic E-state index is 0.0907. The lowest BCUT2D eigenvalue weighted by Crippen LogP contribution is -2.56. The maximum atomic E-state index is 12.9. The molecule has 4 rings (SSSR count). The maximum Gasteiger partial charge on any atom is 0.214 e. The van der Waals surface area contributed by atoms with Gasteiger partial charge in [-0.25, -0.2) is 8.42 Å². The van der Waals surface area contributed by atoms with Crippen LogP contribution in [0.15, 0.2) is 42.5 Å². The summed E-state index contributed by atoms with van der Waals surface area (Å²) >= 11 is 0. The number of unbranched alkanes of at least 4 members (excludes halogenated alkanes) is 1. The number of hydrogen-bond acceptors (Lipinski definition) is 7. The summed E-state index contributed by atoms with van der Waals surface area (Å²) in [6.07, 6.45) is 4.99. The lowest BCUT2D eigenvalue weighted by atomic mass is 10.0. The maximum absolute atomic E-state index is 12.9. The predicted molar refractivity (Wildman–Crippen MR) is 147 cm³/mol. The molecule has 0 aliphatic carbocycles. The van der Waals surface area contributed by atoms with Crippen molar-refractivity contribution in [2.24, 2.45) is 0 Å². The van der Waals surface area contributed by atoms with E-state index in [4.69, 9.17) is 14.2 Å². The van der Waals surface area contributed by atoms with Crippen LogP contribution in [0.2, 0.25) is 0 Å². The first-order chi connectivity index (χ1) is 18.4. The Labute approximate surface area is 227 Å². The highest BCUT2D eigenvalue weighted by Gasteiger charge is 2.45. The molecule has 2 saturated heterocycles. The highest BCUT2D eigenvalue weighted by Crippen LogP contribution is 2.36. The molecule has 8 nitrogen and oxygen atoms in total. The Balaban J connectivity index is 1.41. The molecular formula is C29H39N3O5S. The van der Waals surface area contributed by atoms with Gasteiger partial charge in [-0.3, -0.25) is 0 Å². The Hall–Kier alpha value is -2.80. The number of methoxy groups -OCH3 is 2. The molecule has 2 aliphatic rings. The lowest BCUT2D eigenvalue weighted by Gasteiger charge is -2.40. The topological polar surface area (TPSA) is 92.1 Å². The van der Waals surface area contributed by atoms with Gasteiger partial charge in [0, 0.05) is 31.2 Å². The van der Waals surface area contributed by atoms with Crippen molar-refractivity contribution in [1.82, 2.24) is 9.21 Å². The van der Waals surface area contributed by atoms with E-state index in [1.165, 1.54) is 0 Å². The van der Waals surface area contributed by atoms with Crippen molar-refractivity contribution < 1.29 is 22.6 Å². The van der Waals surface area contributed by atoms with Crippen LogP contribution in [-0.2, 0) is 10.0 Å². The van der Waals surface area contributed by atoms with E-state index in [0.717, 1.165) is 63.7 Å². The Morgan fingerprint density at radius 2 is 1.68 bits per heavy atom. The van der Waals surface area contributed by atoms with Crippen molar-refractivity contribution in [3.8, 4) is 23.3 Å². The van der Waals surface area contributed by atoms with E-state index in [0.29, 0.717) is 22.8 Å². The number of hydrogen-bond donors (Lipinski definition) is 0. The number of nitriles is 1. The first kappa shape index (κ1) is 28.2. The molecule has 3 unspecified atom stereocenters. The molecule has 2 aromatic rings. The highest BCUT2D eigenvalue weighted by atomic mass is 32.2. The molecule has 9 heteroatoms. The van der Waals surface area contributed by atoms with Crippen LogP contribution in [-0.4, -0.2) is 69.3 Å². The van der Waals surface area contributed by atoms with Crippen LogP contribution in [0, 0.1) is 11.3 Å². The second-order valence-corrected chi connectivity index (χ2v) is 12.1. The number of sulfonamides is 1. The summed E-state index contributed by atoms with van der Waals surface area (Å²) in [4.78, 5) is 2.42. The smallest absolute Gasteiger partial charge is 0.214 e. The molecule has 0 saturated carbocycles. The van der Waals surface area contributed by atoms with Crippen molar-refractivity contribution in [3.05, 3.63) is 53.6 Å². The number of nitrogens with zero attached hydrogens (tertiary/aromatic N) is 3. The fraction of sp³-hybridized carbons (Fsp3) is 0.552. The lowest BCUT2D eigenvalue weighted by molar-refractivity contribution is 0.119. The average Bonchev–Trinajstić information content (AvgIpc) is 3.23. The van der Waals surface area contributed by atoms with Gasteiger partial charge < -0.3 is 19.1 Å². The van der Waals surface area contributed by atoms with Crippen molar-refractivity contribution >= 4 is 10.0 Å². The van der Waals surface area contributed by atoms with Gasteiger partial charge in [-0.15, -0.1) is 0 Å². The quantitative estimate of drug-likeness (QED) is 0.361. The van der Waals surface area contributed by atoms with Crippen LogP contribution in [0.1, 0.15) is 62.7 Å². The summed E-state index contributed by atoms with van der Waals surface area (Å²) in [7, 11) is 0.0192. The molecule has 0 radical (unpaired) electrons. The molecule has 2 bridgehead atoms. The molecule has 0 aromatic heterocycles. The van der Waals surface area contributed by atoms with Gasteiger partial charge in [0.05, 0.1) is 31.6 Å². The van der Waals surface area contributed by atoms with Crippen LogP contribution >= 0.6 is 0 Å². The molecule has 0 amide bonds. The summed E-state index contributed by atoms with van der Waals surface area (Å²) in [5.41, 5.74) is 1.62. The van der Waals surface area contributed by atoms with Crippen LogP contribution in [0.3, 0.4) is 0 Å². The molecule has 38 heavy (non-hydrogen) atoms. The largest absolute Gasteiger partial charge is 0.493 e. The van der Waals surface area contributed by atoms with Crippen molar-refractivity contribution in [2.75, 3.05) is 39.6 Å². The summed E-state index contributed by atoms with van der Waals surface area (Å²) < 4.78 is 44.9. The molecule has 206 valence electrons. The first-order valence-electron chi connectivity index (χ1n) is 13.5. The van der Waals surface area contributed by atoms with E-state index in [2.05, 4.69) is 11.0 Å². The van der Waals surface area contributed by atoms with Crippen LogP contribution in [0.5, 0.6) is 17.2 Å². The molecule has 2 fully saturated rings. The van der Waals surface area contributed by atoms with Gasteiger partial charge >= 0.3 is 0 Å². The van der Waals surface area contributed by atoms with Crippen molar-refractivity contribution in [3.63, 3.8) is 0 Å². The number of fused-ring (bicyclic) bond motifs is 2. The van der Waals surface area contributed by atoms with Crippen molar-refractivity contribution in [1.29, 1.82) is 5.26 Å². The molecule has 2 aromatic carbocycles. The molecule has 0 spiro atoms. The second-order valence-electron chi connectivity index (χ2n) is 10.1. The summed E-state index contributed by atoms with van der Waals surface area (Å²) in [5, 5.41) is 9.20. The van der Waals surface area contributed by atoms with E-state index in [9.17, 15) is 13.7 Å². The number of benzene rings is 2. The fourth-order valence-electron chi connectivity index (χ4n) is 5.64. The summed E-state index contributed by atoms with van der Waals surface area (Å²) in [6, 6.07) is 15.4. The minimum Gasteiger partial charge on any atom is -0.493 e. The third-order valence-electron chi connectivity index (χ3n) is 7.55. The van der Waals surface area contributed by atoms with Crippen LogP contribution < -0.4 is 14.2 Å². The second kappa shape index (κ2) is 12.8. The van der Waals surface area contributed by atoms with E-state index < -0.39 is 10.0 Å². The molecule has 0 N–H and O–H groups in total. The van der Waals surface area contributed by atoms with Gasteiger partial charge in [0.2, 0.25) is 10.0 Å². The highest BCUT2D eigenvalue weighted by molar-refractivity contribution is 7.89.